The summed E-state index contributed by atoms with van der Waals surface area (Å²) in [5.74, 6) is -1.35. The van der Waals surface area contributed by atoms with Gasteiger partial charge in [-0.05, 0) is 30.7 Å². The fourth-order valence-electron chi connectivity index (χ4n) is 2.22. The highest BCUT2D eigenvalue weighted by Crippen LogP contribution is 2.24. The van der Waals surface area contributed by atoms with Crippen LogP contribution in [0.5, 0.6) is 0 Å². The molecule has 2 rings (SSSR count). The van der Waals surface area contributed by atoms with Gasteiger partial charge in [0.25, 0.3) is 5.91 Å². The zero-order valence-electron chi connectivity index (χ0n) is 12.8. The molecular formula is C15H19FN4O3. The van der Waals surface area contributed by atoms with Gasteiger partial charge in [0.05, 0.1) is 5.69 Å². The summed E-state index contributed by atoms with van der Waals surface area (Å²) in [6, 6.07) is 4.71. The number of methoxy groups -OCH3 is 1. The van der Waals surface area contributed by atoms with Gasteiger partial charge in [0.1, 0.15) is 17.6 Å². The Labute approximate surface area is 133 Å². The molecule has 0 aromatic heterocycles. The number of amides is 2. The summed E-state index contributed by atoms with van der Waals surface area (Å²) in [5.41, 5.74) is 6.10. The normalized spacial score (nSPS) is 17.0. The highest BCUT2D eigenvalue weighted by atomic mass is 19.1. The molecule has 7 nitrogen and oxygen atoms in total. The van der Waals surface area contributed by atoms with Gasteiger partial charge in [0.2, 0.25) is 5.91 Å². The van der Waals surface area contributed by atoms with Crippen molar-refractivity contribution in [1.29, 1.82) is 0 Å². The number of anilines is 1. The summed E-state index contributed by atoms with van der Waals surface area (Å²) in [7, 11) is 1.58. The first kappa shape index (κ1) is 16.9. The van der Waals surface area contributed by atoms with E-state index in [2.05, 4.69) is 10.4 Å². The van der Waals surface area contributed by atoms with Crippen LogP contribution >= 0.6 is 0 Å². The third-order valence-corrected chi connectivity index (χ3v) is 3.40. The Morgan fingerprint density at radius 3 is 2.74 bits per heavy atom. The number of ether oxygens (including phenoxy) is 1. The van der Waals surface area contributed by atoms with Crippen molar-refractivity contribution in [2.45, 2.75) is 18.9 Å². The second-order valence-electron chi connectivity index (χ2n) is 5.09. The van der Waals surface area contributed by atoms with Gasteiger partial charge in [-0.25, -0.2) is 4.39 Å². The van der Waals surface area contributed by atoms with Gasteiger partial charge in [0, 0.05) is 26.7 Å². The van der Waals surface area contributed by atoms with Crippen molar-refractivity contribution in [2.75, 3.05) is 25.3 Å². The van der Waals surface area contributed by atoms with E-state index in [0.29, 0.717) is 25.3 Å². The van der Waals surface area contributed by atoms with E-state index in [-0.39, 0.29) is 18.0 Å². The van der Waals surface area contributed by atoms with Crippen molar-refractivity contribution in [3.05, 3.63) is 30.1 Å². The second kappa shape index (κ2) is 7.68. The topological polar surface area (TPSA) is 97.0 Å². The molecule has 0 spiro atoms. The second-order valence-corrected chi connectivity index (χ2v) is 5.09. The third kappa shape index (κ3) is 4.26. The van der Waals surface area contributed by atoms with Crippen molar-refractivity contribution in [3.8, 4) is 0 Å². The van der Waals surface area contributed by atoms with Gasteiger partial charge in [-0.1, -0.05) is 0 Å². The maximum Gasteiger partial charge on any atom is 0.267 e. The molecule has 0 saturated carbocycles. The molecule has 0 saturated heterocycles. The Hall–Kier alpha value is -2.48. The Bertz CT molecular complexity index is 603. The molecule has 1 heterocycles. The summed E-state index contributed by atoms with van der Waals surface area (Å²) in [6.45, 7) is 0.988. The first-order valence-corrected chi connectivity index (χ1v) is 7.21. The van der Waals surface area contributed by atoms with E-state index in [0.717, 1.165) is 0 Å². The number of carbonyl (C=O) groups is 2. The molecule has 1 atom stereocenters. The smallest absolute Gasteiger partial charge is 0.267 e. The largest absolute Gasteiger partial charge is 0.385 e. The molecule has 3 N–H and O–H groups in total. The first-order chi connectivity index (χ1) is 11.0. The lowest BCUT2D eigenvalue weighted by molar-refractivity contribution is -0.119. The maximum absolute atomic E-state index is 13.0. The van der Waals surface area contributed by atoms with Crippen molar-refractivity contribution < 1.29 is 18.7 Å². The minimum atomic E-state index is -0.764. The Kier molecular flexibility index (Phi) is 5.64. The molecule has 1 aliphatic heterocycles. The number of hydrazone groups is 1. The molecule has 1 unspecified atom stereocenters. The van der Waals surface area contributed by atoms with E-state index in [1.807, 2.05) is 0 Å². The van der Waals surface area contributed by atoms with Crippen LogP contribution in [0.15, 0.2) is 29.4 Å². The maximum atomic E-state index is 13.0. The predicted molar refractivity (Wildman–Crippen MR) is 83.4 cm³/mol. The molecule has 2 amide bonds. The van der Waals surface area contributed by atoms with Crippen LogP contribution in [-0.2, 0) is 14.3 Å². The lowest BCUT2D eigenvalue weighted by Crippen LogP contribution is -2.40. The zero-order valence-corrected chi connectivity index (χ0v) is 12.8. The Balaban J connectivity index is 2.09. The number of hydrogen-bond donors (Lipinski definition) is 2. The van der Waals surface area contributed by atoms with Gasteiger partial charge in [-0.3, -0.25) is 14.6 Å². The molecule has 8 heteroatoms. The van der Waals surface area contributed by atoms with Gasteiger partial charge in [-0.15, -0.1) is 0 Å². The van der Waals surface area contributed by atoms with Crippen molar-refractivity contribution >= 4 is 23.2 Å². The SMILES string of the molecule is COCCCNC(=O)C1=NN(c2ccc(F)cc2)C(C(N)=O)C1. The number of benzene rings is 1. The monoisotopic (exact) mass is 322 g/mol. The number of carbonyl (C=O) groups excluding carboxylic acids is 2. The Morgan fingerprint density at radius 1 is 1.43 bits per heavy atom. The van der Waals surface area contributed by atoms with Gasteiger partial charge in [0.15, 0.2) is 0 Å². The summed E-state index contributed by atoms with van der Waals surface area (Å²) < 4.78 is 17.9. The minimum Gasteiger partial charge on any atom is -0.385 e. The van der Waals surface area contributed by atoms with E-state index in [1.54, 1.807) is 7.11 Å². The van der Waals surface area contributed by atoms with E-state index in [1.165, 1.54) is 29.3 Å². The van der Waals surface area contributed by atoms with E-state index < -0.39 is 17.8 Å². The highest BCUT2D eigenvalue weighted by Gasteiger charge is 2.34. The van der Waals surface area contributed by atoms with E-state index in [9.17, 15) is 14.0 Å². The highest BCUT2D eigenvalue weighted by molar-refractivity contribution is 6.40. The molecule has 1 aliphatic rings. The first-order valence-electron chi connectivity index (χ1n) is 7.21. The average Bonchev–Trinajstić information content (AvgIpc) is 2.98. The van der Waals surface area contributed by atoms with Crippen molar-refractivity contribution in [1.82, 2.24) is 5.32 Å². The van der Waals surface area contributed by atoms with Crippen LogP contribution in [0.1, 0.15) is 12.8 Å². The van der Waals surface area contributed by atoms with Gasteiger partial charge >= 0.3 is 0 Å². The van der Waals surface area contributed by atoms with Crippen LogP contribution < -0.4 is 16.1 Å². The molecule has 0 radical (unpaired) electrons. The van der Waals surface area contributed by atoms with E-state index in [4.69, 9.17) is 10.5 Å². The Morgan fingerprint density at radius 2 is 2.13 bits per heavy atom. The fraction of sp³-hybridized carbons (Fsp3) is 0.400. The number of nitrogens with zero attached hydrogens (tertiary/aromatic N) is 2. The number of nitrogens with one attached hydrogen (secondary N) is 1. The number of primary amides is 1. The molecule has 124 valence electrons. The van der Waals surface area contributed by atoms with E-state index >= 15 is 0 Å². The molecular weight excluding hydrogens is 303 g/mol. The minimum absolute atomic E-state index is 0.114. The third-order valence-electron chi connectivity index (χ3n) is 3.40. The molecule has 1 aromatic carbocycles. The fourth-order valence-corrected chi connectivity index (χ4v) is 2.22. The molecule has 0 fully saturated rings. The van der Waals surface area contributed by atoms with Crippen molar-refractivity contribution in [3.63, 3.8) is 0 Å². The quantitative estimate of drug-likeness (QED) is 0.710. The summed E-state index contributed by atoms with van der Waals surface area (Å²) in [5, 5.41) is 8.24. The molecule has 23 heavy (non-hydrogen) atoms. The molecule has 0 bridgehead atoms. The molecule has 0 aliphatic carbocycles. The van der Waals surface area contributed by atoms with Gasteiger partial charge in [-0.2, -0.15) is 5.10 Å². The van der Waals surface area contributed by atoms with Gasteiger partial charge < -0.3 is 15.8 Å². The number of hydrogen-bond acceptors (Lipinski definition) is 5. The zero-order chi connectivity index (χ0) is 16.8. The van der Waals surface area contributed by atoms with Crippen LogP contribution in [0.2, 0.25) is 0 Å². The van der Waals surface area contributed by atoms with Crippen LogP contribution in [-0.4, -0.2) is 43.8 Å². The number of nitrogens with two attached hydrogens (primary N) is 1. The summed E-state index contributed by atoms with van der Waals surface area (Å²) in [4.78, 5) is 23.7. The summed E-state index contributed by atoms with van der Waals surface area (Å²) in [6.07, 6.45) is 0.791. The standard InChI is InChI=1S/C15H19FN4O3/c1-23-8-2-7-18-15(22)12-9-13(14(17)21)20(19-12)11-5-3-10(16)4-6-11/h3-6,13H,2,7-9H2,1H3,(H2,17,21)(H,18,22). The van der Waals surface area contributed by atoms with Crippen LogP contribution in [0.25, 0.3) is 0 Å². The molecule has 1 aromatic rings. The average molecular weight is 322 g/mol. The summed E-state index contributed by atoms with van der Waals surface area (Å²) >= 11 is 0. The van der Waals surface area contributed by atoms with Crippen LogP contribution in [0.3, 0.4) is 0 Å². The lowest BCUT2D eigenvalue weighted by atomic mass is 10.1. The number of rotatable bonds is 7. The lowest BCUT2D eigenvalue weighted by Gasteiger charge is -2.20. The van der Waals surface area contributed by atoms with Crippen molar-refractivity contribution in [2.24, 2.45) is 10.8 Å². The number of halogens is 1. The predicted octanol–water partition coefficient (Wildman–Crippen LogP) is 0.398. The van der Waals surface area contributed by atoms with Crippen LogP contribution in [0, 0.1) is 5.82 Å². The van der Waals surface area contributed by atoms with Crippen LogP contribution in [0.4, 0.5) is 10.1 Å².